The second-order valence-electron chi connectivity index (χ2n) is 5.32. The van der Waals surface area contributed by atoms with Crippen LogP contribution in [-0.2, 0) is 6.42 Å². The molecule has 1 aliphatic rings. The number of rotatable bonds is 2. The van der Waals surface area contributed by atoms with Crippen LogP contribution in [0.3, 0.4) is 0 Å². The van der Waals surface area contributed by atoms with Crippen molar-refractivity contribution in [3.8, 4) is 0 Å². The molecule has 1 aliphatic carbocycles. The number of halogens is 2. The smallest absolute Gasteiger partial charge is 0.142 e. The van der Waals surface area contributed by atoms with E-state index in [1.165, 1.54) is 12.5 Å². The van der Waals surface area contributed by atoms with Gasteiger partial charge in [0, 0.05) is 6.42 Å². The molecule has 2 unspecified atom stereocenters. The summed E-state index contributed by atoms with van der Waals surface area (Å²) in [6.07, 6.45) is 4.21. The fourth-order valence-corrected chi connectivity index (χ4v) is 3.03. The summed E-state index contributed by atoms with van der Waals surface area (Å²) in [5, 5.41) is 10.7. The Balaban J connectivity index is 2.17. The topological polar surface area (TPSA) is 20.2 Å². The van der Waals surface area contributed by atoms with E-state index in [1.807, 2.05) is 0 Å². The summed E-state index contributed by atoms with van der Waals surface area (Å²) in [6.45, 7) is 2.15. The molecule has 0 spiro atoms. The highest BCUT2D eigenvalue weighted by atomic mass is 35.5. The highest BCUT2D eigenvalue weighted by Gasteiger charge is 2.33. The predicted molar refractivity (Wildman–Crippen MR) is 67.7 cm³/mol. The van der Waals surface area contributed by atoms with Gasteiger partial charge in [0.15, 0.2) is 0 Å². The Morgan fingerprint density at radius 2 is 2.29 bits per heavy atom. The van der Waals surface area contributed by atoms with E-state index >= 15 is 0 Å². The Kier molecular flexibility index (Phi) is 3.74. The molecule has 1 aromatic carbocycles. The van der Waals surface area contributed by atoms with E-state index in [4.69, 9.17) is 11.6 Å². The molecule has 0 aromatic heterocycles. The molecule has 1 nitrogen and oxygen atoms in total. The number of hydrogen-bond acceptors (Lipinski definition) is 1. The van der Waals surface area contributed by atoms with Gasteiger partial charge in [0.25, 0.3) is 0 Å². The van der Waals surface area contributed by atoms with E-state index in [1.54, 1.807) is 12.1 Å². The molecule has 1 N–H and O–H groups in total. The minimum atomic E-state index is -0.713. The van der Waals surface area contributed by atoms with Gasteiger partial charge < -0.3 is 5.11 Å². The van der Waals surface area contributed by atoms with Gasteiger partial charge in [-0.1, -0.05) is 43.5 Å². The molecule has 94 valence electrons. The third-order valence-corrected chi connectivity index (χ3v) is 4.04. The zero-order valence-corrected chi connectivity index (χ0v) is 10.8. The molecule has 0 saturated heterocycles. The van der Waals surface area contributed by atoms with E-state index in [0.717, 1.165) is 19.3 Å². The van der Waals surface area contributed by atoms with Gasteiger partial charge in [0.1, 0.15) is 5.82 Å². The number of hydrogen-bond donors (Lipinski definition) is 1. The summed E-state index contributed by atoms with van der Waals surface area (Å²) in [5.41, 5.74) is -0.00184. The van der Waals surface area contributed by atoms with Crippen LogP contribution >= 0.6 is 11.6 Å². The van der Waals surface area contributed by atoms with Crippen molar-refractivity contribution in [2.45, 2.75) is 44.6 Å². The SMILES string of the molecule is CC1CCCC(O)(Cc2cccc(F)c2Cl)C1. The lowest BCUT2D eigenvalue weighted by atomic mass is 9.76. The summed E-state index contributed by atoms with van der Waals surface area (Å²) >= 11 is 5.92. The first-order valence-corrected chi connectivity index (χ1v) is 6.53. The zero-order valence-electron chi connectivity index (χ0n) is 10.0. The van der Waals surface area contributed by atoms with Gasteiger partial charge in [0.05, 0.1) is 10.6 Å². The van der Waals surface area contributed by atoms with Crippen LogP contribution in [0.1, 0.15) is 38.2 Å². The van der Waals surface area contributed by atoms with E-state index < -0.39 is 11.4 Å². The van der Waals surface area contributed by atoms with Gasteiger partial charge in [-0.25, -0.2) is 4.39 Å². The van der Waals surface area contributed by atoms with Crippen molar-refractivity contribution in [3.05, 3.63) is 34.6 Å². The first-order valence-electron chi connectivity index (χ1n) is 6.15. The first kappa shape index (κ1) is 12.8. The second-order valence-corrected chi connectivity index (χ2v) is 5.69. The molecule has 0 heterocycles. The lowest BCUT2D eigenvalue weighted by molar-refractivity contribution is -0.0124. The molecule has 1 aromatic rings. The highest BCUT2D eigenvalue weighted by molar-refractivity contribution is 6.31. The van der Waals surface area contributed by atoms with E-state index in [0.29, 0.717) is 17.9 Å². The van der Waals surface area contributed by atoms with Crippen LogP contribution in [0.15, 0.2) is 18.2 Å². The summed E-state index contributed by atoms with van der Waals surface area (Å²) in [7, 11) is 0. The van der Waals surface area contributed by atoms with Gasteiger partial charge >= 0.3 is 0 Å². The molecule has 0 amide bonds. The van der Waals surface area contributed by atoms with Crippen LogP contribution < -0.4 is 0 Å². The molecule has 0 bridgehead atoms. The first-order chi connectivity index (χ1) is 8.00. The minimum absolute atomic E-state index is 0.152. The van der Waals surface area contributed by atoms with Crippen LogP contribution in [0, 0.1) is 11.7 Å². The Labute approximate surface area is 107 Å². The molecule has 0 aliphatic heterocycles. The van der Waals surface area contributed by atoms with Crippen molar-refractivity contribution in [3.63, 3.8) is 0 Å². The van der Waals surface area contributed by atoms with E-state index in [9.17, 15) is 9.50 Å². The Morgan fingerprint density at radius 1 is 1.53 bits per heavy atom. The van der Waals surface area contributed by atoms with E-state index in [2.05, 4.69) is 6.92 Å². The van der Waals surface area contributed by atoms with Crippen LogP contribution in [0.5, 0.6) is 0 Å². The minimum Gasteiger partial charge on any atom is -0.390 e. The summed E-state index contributed by atoms with van der Waals surface area (Å²) in [6, 6.07) is 4.79. The van der Waals surface area contributed by atoms with E-state index in [-0.39, 0.29) is 5.02 Å². The summed E-state index contributed by atoms with van der Waals surface area (Å²) in [5.74, 6) is 0.123. The van der Waals surface area contributed by atoms with Gasteiger partial charge in [-0.15, -0.1) is 0 Å². The molecule has 2 rings (SSSR count). The summed E-state index contributed by atoms with van der Waals surface area (Å²) < 4.78 is 13.3. The second kappa shape index (κ2) is 4.95. The standard InChI is InChI=1S/C14H18ClFO/c1-10-4-3-7-14(17,8-10)9-11-5-2-6-12(16)13(11)15/h2,5-6,10,17H,3-4,7-9H2,1H3. The molecule has 3 heteroatoms. The maximum absolute atomic E-state index is 13.3. The van der Waals surface area contributed by atoms with Gasteiger partial charge in [-0.3, -0.25) is 0 Å². The Bertz CT molecular complexity index is 407. The van der Waals surface area contributed by atoms with Crippen molar-refractivity contribution >= 4 is 11.6 Å². The van der Waals surface area contributed by atoms with Gasteiger partial charge in [0.2, 0.25) is 0 Å². The fourth-order valence-electron chi connectivity index (χ4n) is 2.83. The maximum Gasteiger partial charge on any atom is 0.142 e. The fraction of sp³-hybridized carbons (Fsp3) is 0.571. The average Bonchev–Trinajstić information content (AvgIpc) is 2.24. The molecule has 0 radical (unpaired) electrons. The number of aliphatic hydroxyl groups is 1. The Hall–Kier alpha value is -0.600. The molecule has 1 saturated carbocycles. The zero-order chi connectivity index (χ0) is 12.5. The van der Waals surface area contributed by atoms with Crippen molar-refractivity contribution in [1.29, 1.82) is 0 Å². The van der Waals surface area contributed by atoms with Crippen molar-refractivity contribution in [2.75, 3.05) is 0 Å². The third-order valence-electron chi connectivity index (χ3n) is 3.62. The monoisotopic (exact) mass is 256 g/mol. The van der Waals surface area contributed by atoms with Crippen LogP contribution in [0.4, 0.5) is 4.39 Å². The lowest BCUT2D eigenvalue weighted by Crippen LogP contribution is -2.36. The molecule has 1 fully saturated rings. The molecule has 2 atom stereocenters. The highest BCUT2D eigenvalue weighted by Crippen LogP contribution is 2.36. The normalized spacial score (nSPS) is 29.3. The molecule has 17 heavy (non-hydrogen) atoms. The largest absolute Gasteiger partial charge is 0.390 e. The van der Waals surface area contributed by atoms with Crippen LogP contribution in [-0.4, -0.2) is 10.7 Å². The average molecular weight is 257 g/mol. The maximum atomic E-state index is 13.3. The van der Waals surface area contributed by atoms with Crippen LogP contribution in [0.25, 0.3) is 0 Å². The van der Waals surface area contributed by atoms with Crippen molar-refractivity contribution in [2.24, 2.45) is 5.92 Å². The van der Waals surface area contributed by atoms with Gasteiger partial charge in [-0.05, 0) is 30.4 Å². The van der Waals surface area contributed by atoms with Crippen LogP contribution in [0.2, 0.25) is 5.02 Å². The number of benzene rings is 1. The predicted octanol–water partition coefficient (Wildman–Crippen LogP) is 3.96. The lowest BCUT2D eigenvalue weighted by Gasteiger charge is -2.35. The summed E-state index contributed by atoms with van der Waals surface area (Å²) in [4.78, 5) is 0. The van der Waals surface area contributed by atoms with Gasteiger partial charge in [-0.2, -0.15) is 0 Å². The Morgan fingerprint density at radius 3 is 3.00 bits per heavy atom. The quantitative estimate of drug-likeness (QED) is 0.849. The molecular formula is C14H18ClFO. The van der Waals surface area contributed by atoms with Crippen molar-refractivity contribution in [1.82, 2.24) is 0 Å². The molecular weight excluding hydrogens is 239 g/mol. The third kappa shape index (κ3) is 2.99. The van der Waals surface area contributed by atoms with Crippen molar-refractivity contribution < 1.29 is 9.50 Å².